The third-order valence-corrected chi connectivity index (χ3v) is 6.58. The molecular formula is C28H29N5O2. The molecule has 1 aliphatic heterocycles. The zero-order chi connectivity index (χ0) is 24.2. The molecule has 1 fully saturated rings. The van der Waals surface area contributed by atoms with Crippen LogP contribution in [-0.2, 0) is 17.8 Å². The topological polar surface area (TPSA) is 84.5 Å². The summed E-state index contributed by atoms with van der Waals surface area (Å²) in [6, 6.07) is 25.7. The van der Waals surface area contributed by atoms with Crippen molar-refractivity contribution in [2.75, 3.05) is 26.2 Å². The number of benzene rings is 3. The number of nitrogens with two attached hydrogens (primary N) is 1. The highest BCUT2D eigenvalue weighted by Gasteiger charge is 2.22. The molecule has 2 amide bonds. The van der Waals surface area contributed by atoms with E-state index in [1.165, 1.54) is 0 Å². The number of carbonyl (C=O) groups is 2. The van der Waals surface area contributed by atoms with Crippen molar-refractivity contribution in [2.45, 2.75) is 19.4 Å². The molecule has 0 spiro atoms. The van der Waals surface area contributed by atoms with Crippen molar-refractivity contribution in [1.82, 2.24) is 19.4 Å². The van der Waals surface area contributed by atoms with E-state index in [-0.39, 0.29) is 5.91 Å². The molecule has 0 radical (unpaired) electrons. The van der Waals surface area contributed by atoms with E-state index in [4.69, 9.17) is 10.7 Å². The number of amides is 2. The first-order chi connectivity index (χ1) is 17.1. The molecule has 2 heterocycles. The molecule has 0 bridgehead atoms. The van der Waals surface area contributed by atoms with Crippen LogP contribution in [0.3, 0.4) is 0 Å². The standard InChI is InChI=1S/C28H29N5O2/c29-28(35)22-12-10-21(11-13-22)20-31-16-18-32(19-17-31)27(34)15-14-26-30-24-8-4-5-9-25(24)33(26)23-6-2-1-3-7-23/h1-13H,14-20H2,(H2,29,35). The van der Waals surface area contributed by atoms with Crippen molar-refractivity contribution in [1.29, 1.82) is 0 Å². The number of fused-ring (bicyclic) bond motifs is 1. The van der Waals surface area contributed by atoms with Gasteiger partial charge in [-0.3, -0.25) is 19.1 Å². The fourth-order valence-corrected chi connectivity index (χ4v) is 4.67. The second-order valence-corrected chi connectivity index (χ2v) is 8.91. The lowest BCUT2D eigenvalue weighted by atomic mass is 10.1. The van der Waals surface area contributed by atoms with E-state index in [1.807, 2.05) is 53.4 Å². The first-order valence-electron chi connectivity index (χ1n) is 12.0. The molecule has 0 unspecified atom stereocenters. The van der Waals surface area contributed by atoms with Crippen LogP contribution in [0.15, 0.2) is 78.9 Å². The number of primary amides is 1. The van der Waals surface area contributed by atoms with Crippen molar-refractivity contribution < 1.29 is 9.59 Å². The summed E-state index contributed by atoms with van der Waals surface area (Å²) in [7, 11) is 0. The van der Waals surface area contributed by atoms with Gasteiger partial charge in [0.15, 0.2) is 0 Å². The Morgan fingerprint density at radius 3 is 2.23 bits per heavy atom. The monoisotopic (exact) mass is 467 g/mol. The SMILES string of the molecule is NC(=O)c1ccc(CN2CCN(C(=O)CCc3nc4ccccc4n3-c3ccccc3)CC2)cc1. The van der Waals surface area contributed by atoms with Gasteiger partial charge in [0.05, 0.1) is 11.0 Å². The van der Waals surface area contributed by atoms with E-state index in [2.05, 4.69) is 27.7 Å². The molecule has 7 heteroatoms. The van der Waals surface area contributed by atoms with Gasteiger partial charge in [0.2, 0.25) is 11.8 Å². The van der Waals surface area contributed by atoms with Crippen LogP contribution in [0, 0.1) is 0 Å². The molecule has 1 aromatic heterocycles. The minimum absolute atomic E-state index is 0.169. The Morgan fingerprint density at radius 1 is 0.829 bits per heavy atom. The zero-order valence-corrected chi connectivity index (χ0v) is 19.6. The van der Waals surface area contributed by atoms with Crippen LogP contribution in [0.2, 0.25) is 0 Å². The summed E-state index contributed by atoms with van der Waals surface area (Å²) < 4.78 is 2.16. The smallest absolute Gasteiger partial charge is 0.248 e. The van der Waals surface area contributed by atoms with E-state index in [1.54, 1.807) is 12.1 Å². The largest absolute Gasteiger partial charge is 0.366 e. The number of piperazine rings is 1. The second kappa shape index (κ2) is 10.1. The van der Waals surface area contributed by atoms with E-state index >= 15 is 0 Å². The van der Waals surface area contributed by atoms with Crippen LogP contribution in [0.1, 0.15) is 28.2 Å². The van der Waals surface area contributed by atoms with Crippen LogP contribution in [0.25, 0.3) is 16.7 Å². The summed E-state index contributed by atoms with van der Waals surface area (Å²) in [5.74, 6) is 0.661. The summed E-state index contributed by atoms with van der Waals surface area (Å²) in [4.78, 5) is 33.4. The number of carbonyl (C=O) groups excluding carboxylic acids is 2. The third-order valence-electron chi connectivity index (χ3n) is 6.58. The zero-order valence-electron chi connectivity index (χ0n) is 19.6. The van der Waals surface area contributed by atoms with Gasteiger partial charge in [-0.1, -0.05) is 42.5 Å². The third kappa shape index (κ3) is 5.10. The predicted octanol–water partition coefficient (Wildman–Crippen LogP) is 3.40. The molecule has 1 saturated heterocycles. The van der Waals surface area contributed by atoms with E-state index in [0.29, 0.717) is 31.5 Å². The highest BCUT2D eigenvalue weighted by atomic mass is 16.2. The molecule has 3 aromatic carbocycles. The molecule has 7 nitrogen and oxygen atoms in total. The summed E-state index contributed by atoms with van der Waals surface area (Å²) in [6.45, 7) is 3.88. The molecule has 5 rings (SSSR count). The number of rotatable bonds is 7. The summed E-state index contributed by atoms with van der Waals surface area (Å²) in [5.41, 5.74) is 10.0. The maximum Gasteiger partial charge on any atom is 0.248 e. The number of aryl methyl sites for hydroxylation is 1. The van der Waals surface area contributed by atoms with Gasteiger partial charge >= 0.3 is 0 Å². The highest BCUT2D eigenvalue weighted by molar-refractivity contribution is 5.92. The normalized spacial score (nSPS) is 14.3. The Bertz CT molecular complexity index is 1320. The Hall–Kier alpha value is -3.97. The first kappa shape index (κ1) is 22.8. The Morgan fingerprint density at radius 2 is 1.51 bits per heavy atom. The van der Waals surface area contributed by atoms with Crippen molar-refractivity contribution >= 4 is 22.8 Å². The molecule has 4 aromatic rings. The molecule has 0 atom stereocenters. The van der Waals surface area contributed by atoms with E-state index in [0.717, 1.165) is 47.7 Å². The summed E-state index contributed by atoms with van der Waals surface area (Å²) >= 11 is 0. The lowest BCUT2D eigenvalue weighted by Crippen LogP contribution is -2.48. The van der Waals surface area contributed by atoms with Gasteiger partial charge < -0.3 is 10.6 Å². The van der Waals surface area contributed by atoms with Gasteiger partial charge in [0.25, 0.3) is 0 Å². The fourth-order valence-electron chi connectivity index (χ4n) is 4.67. The fraction of sp³-hybridized carbons (Fsp3) is 0.250. The number of nitrogens with zero attached hydrogens (tertiary/aromatic N) is 4. The van der Waals surface area contributed by atoms with Crippen LogP contribution < -0.4 is 5.73 Å². The summed E-state index contributed by atoms with van der Waals surface area (Å²) in [6.07, 6.45) is 1.03. The molecule has 0 aliphatic carbocycles. The quantitative estimate of drug-likeness (QED) is 0.452. The maximum absolute atomic E-state index is 13.0. The van der Waals surface area contributed by atoms with Gasteiger partial charge in [-0.15, -0.1) is 0 Å². The average molecular weight is 468 g/mol. The Labute approximate surface area is 204 Å². The van der Waals surface area contributed by atoms with Gasteiger partial charge in [0, 0.05) is 56.8 Å². The Kier molecular flexibility index (Phi) is 6.59. The second-order valence-electron chi connectivity index (χ2n) is 8.91. The first-order valence-corrected chi connectivity index (χ1v) is 12.0. The van der Waals surface area contributed by atoms with Gasteiger partial charge in [0.1, 0.15) is 5.82 Å². The van der Waals surface area contributed by atoms with Crippen molar-refractivity contribution in [3.63, 3.8) is 0 Å². The molecule has 35 heavy (non-hydrogen) atoms. The van der Waals surface area contributed by atoms with E-state index < -0.39 is 5.91 Å². The lowest BCUT2D eigenvalue weighted by molar-refractivity contribution is -0.133. The van der Waals surface area contributed by atoms with Crippen LogP contribution in [-0.4, -0.2) is 57.3 Å². The minimum atomic E-state index is -0.414. The average Bonchev–Trinajstić information content (AvgIpc) is 3.27. The molecule has 2 N–H and O–H groups in total. The van der Waals surface area contributed by atoms with Gasteiger partial charge in [-0.2, -0.15) is 0 Å². The number of hydrogen-bond donors (Lipinski definition) is 1. The van der Waals surface area contributed by atoms with Crippen molar-refractivity contribution in [3.05, 3.63) is 95.8 Å². The number of imidazole rings is 1. The van der Waals surface area contributed by atoms with Crippen molar-refractivity contribution in [3.8, 4) is 5.69 Å². The van der Waals surface area contributed by atoms with Crippen LogP contribution >= 0.6 is 0 Å². The van der Waals surface area contributed by atoms with E-state index in [9.17, 15) is 9.59 Å². The molecule has 1 aliphatic rings. The number of para-hydroxylation sites is 3. The maximum atomic E-state index is 13.0. The molecule has 178 valence electrons. The number of aromatic nitrogens is 2. The molecule has 0 saturated carbocycles. The number of hydrogen-bond acceptors (Lipinski definition) is 4. The van der Waals surface area contributed by atoms with Crippen LogP contribution in [0.4, 0.5) is 0 Å². The van der Waals surface area contributed by atoms with Crippen LogP contribution in [0.5, 0.6) is 0 Å². The Balaban J connectivity index is 1.19. The summed E-state index contributed by atoms with van der Waals surface area (Å²) in [5, 5.41) is 0. The van der Waals surface area contributed by atoms with Gasteiger partial charge in [-0.25, -0.2) is 4.98 Å². The lowest BCUT2D eigenvalue weighted by Gasteiger charge is -2.34. The van der Waals surface area contributed by atoms with Crippen molar-refractivity contribution in [2.24, 2.45) is 5.73 Å². The highest BCUT2D eigenvalue weighted by Crippen LogP contribution is 2.22. The van der Waals surface area contributed by atoms with Gasteiger partial charge in [-0.05, 0) is 42.0 Å². The molecular weight excluding hydrogens is 438 g/mol. The minimum Gasteiger partial charge on any atom is -0.366 e. The predicted molar refractivity (Wildman–Crippen MR) is 136 cm³/mol.